The molecule has 0 bridgehead atoms. The summed E-state index contributed by atoms with van der Waals surface area (Å²) in [7, 11) is 0. The van der Waals surface area contributed by atoms with E-state index in [1.807, 2.05) is 18.3 Å². The van der Waals surface area contributed by atoms with Crippen molar-refractivity contribution in [2.75, 3.05) is 0 Å². The van der Waals surface area contributed by atoms with Crippen LogP contribution in [0.1, 0.15) is 28.8 Å². The molecular weight excluding hydrogens is 344 g/mol. The van der Waals surface area contributed by atoms with E-state index in [1.165, 1.54) is 16.5 Å². The van der Waals surface area contributed by atoms with Crippen molar-refractivity contribution in [3.63, 3.8) is 0 Å². The number of H-pyrrole nitrogens is 1. The van der Waals surface area contributed by atoms with E-state index in [1.54, 1.807) is 30.3 Å². The Morgan fingerprint density at radius 2 is 1.63 bits per heavy atom. The lowest BCUT2D eigenvalue weighted by Gasteiger charge is -1.93. The predicted molar refractivity (Wildman–Crippen MR) is 104 cm³/mol. The average Bonchev–Trinajstić information content (AvgIpc) is 3.31. The Hall–Kier alpha value is -3.67. The van der Waals surface area contributed by atoms with Gasteiger partial charge in [0.2, 0.25) is 11.8 Å². The minimum absolute atomic E-state index is 0.148. The van der Waals surface area contributed by atoms with Crippen molar-refractivity contribution in [2.24, 2.45) is 0 Å². The third-order valence-corrected chi connectivity index (χ3v) is 3.73. The summed E-state index contributed by atoms with van der Waals surface area (Å²) in [4.78, 5) is 33.6. The SMILES string of the molecule is C=Cc1cccc2[nH]ccc12.O=C(O)c1ccccc1.O=C1CCC(=O)N1. The Morgan fingerprint density at radius 3 is 2.11 bits per heavy atom. The second kappa shape index (κ2) is 9.72. The van der Waals surface area contributed by atoms with Gasteiger partial charge in [-0.15, -0.1) is 0 Å². The van der Waals surface area contributed by atoms with Gasteiger partial charge < -0.3 is 10.1 Å². The van der Waals surface area contributed by atoms with E-state index in [2.05, 4.69) is 35.1 Å². The fraction of sp³-hybridized carbons (Fsp3) is 0.0952. The van der Waals surface area contributed by atoms with Crippen molar-refractivity contribution in [3.8, 4) is 0 Å². The Kier molecular flexibility index (Phi) is 7.07. The Balaban J connectivity index is 0.000000149. The van der Waals surface area contributed by atoms with E-state index < -0.39 is 5.97 Å². The molecule has 0 saturated carbocycles. The summed E-state index contributed by atoms with van der Waals surface area (Å²) in [6.45, 7) is 3.75. The molecule has 1 aliphatic rings. The molecule has 6 heteroatoms. The lowest BCUT2D eigenvalue weighted by Crippen LogP contribution is -2.18. The number of carboxylic acids is 1. The second-order valence-corrected chi connectivity index (χ2v) is 5.63. The maximum absolute atomic E-state index is 10.2. The number of aromatic amines is 1. The highest BCUT2D eigenvalue weighted by molar-refractivity contribution is 6.01. The number of nitrogens with one attached hydrogen (secondary N) is 2. The van der Waals surface area contributed by atoms with Crippen molar-refractivity contribution >= 4 is 34.8 Å². The van der Waals surface area contributed by atoms with Crippen LogP contribution in [0.25, 0.3) is 17.0 Å². The van der Waals surface area contributed by atoms with Crippen LogP contribution in [-0.4, -0.2) is 27.9 Å². The highest BCUT2D eigenvalue weighted by Gasteiger charge is 2.15. The monoisotopic (exact) mass is 364 g/mol. The van der Waals surface area contributed by atoms with Gasteiger partial charge in [-0.2, -0.15) is 0 Å². The molecule has 2 heterocycles. The normalized spacial score (nSPS) is 12.3. The van der Waals surface area contributed by atoms with E-state index in [4.69, 9.17) is 5.11 Å². The predicted octanol–water partition coefficient (Wildman–Crippen LogP) is 3.62. The molecule has 0 atom stereocenters. The number of aromatic carboxylic acids is 1. The molecule has 4 rings (SSSR count). The zero-order valence-corrected chi connectivity index (χ0v) is 14.6. The fourth-order valence-electron chi connectivity index (χ4n) is 2.38. The number of carboxylic acid groups (broad SMARTS) is 1. The highest BCUT2D eigenvalue weighted by Crippen LogP contribution is 2.17. The molecule has 1 aliphatic heterocycles. The molecule has 0 radical (unpaired) electrons. The van der Waals surface area contributed by atoms with Gasteiger partial charge in [-0.25, -0.2) is 4.79 Å². The van der Waals surface area contributed by atoms with Crippen molar-refractivity contribution in [3.05, 3.63) is 78.5 Å². The van der Waals surface area contributed by atoms with Gasteiger partial charge >= 0.3 is 5.97 Å². The Bertz CT molecular complexity index is 931. The molecule has 6 nitrogen and oxygen atoms in total. The molecule has 3 N–H and O–H groups in total. The summed E-state index contributed by atoms with van der Waals surface area (Å²) in [5, 5.41) is 11.8. The van der Waals surface area contributed by atoms with Crippen LogP contribution < -0.4 is 5.32 Å². The van der Waals surface area contributed by atoms with E-state index >= 15 is 0 Å². The van der Waals surface area contributed by atoms with Gasteiger partial charge in [0, 0.05) is 29.9 Å². The minimum atomic E-state index is -0.879. The molecule has 27 heavy (non-hydrogen) atoms. The van der Waals surface area contributed by atoms with Crippen LogP contribution in [0.15, 0.2) is 67.4 Å². The number of rotatable bonds is 2. The first-order valence-corrected chi connectivity index (χ1v) is 8.31. The van der Waals surface area contributed by atoms with Crippen LogP contribution in [-0.2, 0) is 9.59 Å². The molecule has 2 amide bonds. The van der Waals surface area contributed by atoms with Gasteiger partial charge in [-0.3, -0.25) is 14.9 Å². The molecule has 138 valence electrons. The average molecular weight is 364 g/mol. The van der Waals surface area contributed by atoms with Crippen molar-refractivity contribution in [1.29, 1.82) is 0 Å². The smallest absolute Gasteiger partial charge is 0.335 e. The molecule has 3 aromatic rings. The third-order valence-electron chi connectivity index (χ3n) is 3.73. The topological polar surface area (TPSA) is 99.3 Å². The van der Waals surface area contributed by atoms with Crippen LogP contribution in [0, 0.1) is 0 Å². The van der Waals surface area contributed by atoms with E-state index in [0.29, 0.717) is 18.4 Å². The summed E-state index contributed by atoms with van der Waals surface area (Å²) in [6, 6.07) is 16.5. The third kappa shape index (κ3) is 5.97. The van der Waals surface area contributed by atoms with Crippen molar-refractivity contribution in [2.45, 2.75) is 12.8 Å². The standard InChI is InChI=1S/C10H9N.C7H6O2.C4H5NO2/c1-2-8-4-3-5-10-9(8)6-7-11-10;8-7(9)6-4-2-1-3-5-6;6-3-1-2-4(7)5-3/h2-7,11H,1H2;1-5H,(H,8,9);1-2H2,(H,5,6,7). The number of aromatic nitrogens is 1. The summed E-state index contributed by atoms with van der Waals surface area (Å²) in [5.74, 6) is -1.18. The summed E-state index contributed by atoms with van der Waals surface area (Å²) in [6.07, 6.45) is 4.56. The Labute approximate surface area is 156 Å². The van der Waals surface area contributed by atoms with E-state index in [9.17, 15) is 14.4 Å². The fourth-order valence-corrected chi connectivity index (χ4v) is 2.38. The Morgan fingerprint density at radius 1 is 0.963 bits per heavy atom. The van der Waals surface area contributed by atoms with Crippen LogP contribution in [0.2, 0.25) is 0 Å². The second-order valence-electron chi connectivity index (χ2n) is 5.63. The highest BCUT2D eigenvalue weighted by atomic mass is 16.4. The van der Waals surface area contributed by atoms with Gasteiger partial charge in [-0.1, -0.05) is 43.0 Å². The van der Waals surface area contributed by atoms with E-state index in [-0.39, 0.29) is 11.8 Å². The minimum Gasteiger partial charge on any atom is -0.478 e. The number of benzene rings is 2. The molecule has 1 fully saturated rings. The molecule has 1 aromatic heterocycles. The van der Waals surface area contributed by atoms with Gasteiger partial charge in [0.05, 0.1) is 5.56 Å². The largest absolute Gasteiger partial charge is 0.478 e. The summed E-state index contributed by atoms with van der Waals surface area (Å²) >= 11 is 0. The maximum Gasteiger partial charge on any atom is 0.335 e. The van der Waals surface area contributed by atoms with Gasteiger partial charge in [0.25, 0.3) is 0 Å². The molecule has 0 aliphatic carbocycles. The zero-order chi connectivity index (χ0) is 19.6. The van der Waals surface area contributed by atoms with Crippen LogP contribution >= 0.6 is 0 Å². The van der Waals surface area contributed by atoms with Gasteiger partial charge in [0.1, 0.15) is 0 Å². The summed E-state index contributed by atoms with van der Waals surface area (Å²) in [5.41, 5.74) is 2.68. The molecule has 0 unspecified atom stereocenters. The number of carbonyl (C=O) groups is 3. The van der Waals surface area contributed by atoms with Crippen LogP contribution in [0.5, 0.6) is 0 Å². The maximum atomic E-state index is 10.2. The zero-order valence-electron chi connectivity index (χ0n) is 14.6. The number of hydrogen-bond donors (Lipinski definition) is 3. The van der Waals surface area contributed by atoms with Crippen molar-refractivity contribution in [1.82, 2.24) is 10.3 Å². The van der Waals surface area contributed by atoms with E-state index in [0.717, 1.165) is 0 Å². The quantitative estimate of drug-likeness (QED) is 0.605. The number of fused-ring (bicyclic) bond motifs is 1. The number of amides is 2. The summed E-state index contributed by atoms with van der Waals surface area (Å²) < 4.78 is 0. The lowest BCUT2D eigenvalue weighted by molar-refractivity contribution is -0.124. The number of carbonyl (C=O) groups excluding carboxylic acids is 2. The molecule has 0 spiro atoms. The van der Waals surface area contributed by atoms with Gasteiger partial charge in [0.15, 0.2) is 0 Å². The molecule has 1 saturated heterocycles. The van der Waals surface area contributed by atoms with Crippen LogP contribution in [0.3, 0.4) is 0 Å². The number of imide groups is 1. The first kappa shape index (κ1) is 19.7. The number of hydrogen-bond acceptors (Lipinski definition) is 3. The van der Waals surface area contributed by atoms with Crippen LogP contribution in [0.4, 0.5) is 0 Å². The first-order chi connectivity index (χ1) is 13.0. The molecule has 2 aromatic carbocycles. The lowest BCUT2D eigenvalue weighted by atomic mass is 10.1. The first-order valence-electron chi connectivity index (χ1n) is 8.31. The molecular formula is C21H20N2O4. The van der Waals surface area contributed by atoms with Gasteiger partial charge in [-0.05, 0) is 29.8 Å². The van der Waals surface area contributed by atoms with Crippen molar-refractivity contribution < 1.29 is 19.5 Å².